The summed E-state index contributed by atoms with van der Waals surface area (Å²) in [6.45, 7) is 0.175. The lowest BCUT2D eigenvalue weighted by Gasteiger charge is -2.07. The van der Waals surface area contributed by atoms with Crippen LogP contribution < -0.4 is 5.32 Å². The number of pyridine rings is 1. The Kier molecular flexibility index (Phi) is 4.09. The lowest BCUT2D eigenvalue weighted by atomic mass is 10.2. The quantitative estimate of drug-likeness (QED) is 0.912. The molecule has 1 heterocycles. The molecule has 0 radical (unpaired) electrons. The number of rotatable bonds is 3. The molecular formula is C14H11N3O2. The van der Waals surface area contributed by atoms with Crippen LogP contribution in [0.2, 0.25) is 0 Å². The number of nitrogens with zero attached hydrogens (tertiary/aromatic N) is 2. The van der Waals surface area contributed by atoms with Gasteiger partial charge in [0.05, 0.1) is 5.69 Å². The fourth-order valence-electron chi connectivity index (χ4n) is 1.46. The number of nitrogens with one attached hydrogen (secondary N) is 1. The summed E-state index contributed by atoms with van der Waals surface area (Å²) in [7, 11) is 0. The van der Waals surface area contributed by atoms with E-state index < -0.39 is 6.09 Å². The lowest BCUT2D eigenvalue weighted by molar-refractivity contribution is 0.155. The summed E-state index contributed by atoms with van der Waals surface area (Å²) in [6.07, 6.45) is 0.868. The van der Waals surface area contributed by atoms with E-state index in [0.29, 0.717) is 5.69 Å². The van der Waals surface area contributed by atoms with Gasteiger partial charge in [-0.2, -0.15) is 5.26 Å². The molecule has 0 atom stereocenters. The van der Waals surface area contributed by atoms with Crippen molar-refractivity contribution in [1.29, 1.82) is 5.26 Å². The van der Waals surface area contributed by atoms with Crippen LogP contribution >= 0.6 is 0 Å². The third-order valence-corrected chi connectivity index (χ3v) is 2.36. The fraction of sp³-hybridized carbons (Fsp3) is 0.0714. The van der Waals surface area contributed by atoms with Gasteiger partial charge < -0.3 is 4.74 Å². The summed E-state index contributed by atoms with van der Waals surface area (Å²) >= 11 is 0. The summed E-state index contributed by atoms with van der Waals surface area (Å²) in [6, 6.07) is 14.5. The van der Waals surface area contributed by atoms with Crippen LogP contribution in [-0.4, -0.2) is 11.1 Å². The van der Waals surface area contributed by atoms with E-state index in [1.165, 1.54) is 6.20 Å². The van der Waals surface area contributed by atoms with Crippen LogP contribution in [0.3, 0.4) is 0 Å². The summed E-state index contributed by atoms with van der Waals surface area (Å²) in [5.41, 5.74) is 1.38. The molecule has 0 saturated carbocycles. The average molecular weight is 253 g/mol. The number of amides is 1. The van der Waals surface area contributed by atoms with Gasteiger partial charge in [0.25, 0.3) is 0 Å². The Labute approximate surface area is 110 Å². The molecule has 94 valence electrons. The van der Waals surface area contributed by atoms with E-state index in [9.17, 15) is 4.79 Å². The zero-order valence-electron chi connectivity index (χ0n) is 10.0. The van der Waals surface area contributed by atoms with Gasteiger partial charge in [-0.05, 0) is 17.7 Å². The minimum Gasteiger partial charge on any atom is -0.444 e. The zero-order chi connectivity index (χ0) is 13.5. The van der Waals surface area contributed by atoms with E-state index in [1.54, 1.807) is 12.1 Å². The van der Waals surface area contributed by atoms with Crippen molar-refractivity contribution in [1.82, 2.24) is 4.98 Å². The standard InChI is InChI=1S/C14H11N3O2/c15-9-13-12(7-4-8-16-13)17-14(18)19-10-11-5-2-1-3-6-11/h1-8H,10H2,(H,17,18). The monoisotopic (exact) mass is 253 g/mol. The largest absolute Gasteiger partial charge is 0.444 e. The highest BCUT2D eigenvalue weighted by Crippen LogP contribution is 2.11. The maximum Gasteiger partial charge on any atom is 0.412 e. The molecule has 0 spiro atoms. The predicted molar refractivity (Wildman–Crippen MR) is 69.2 cm³/mol. The maximum atomic E-state index is 11.6. The molecule has 1 aromatic carbocycles. The van der Waals surface area contributed by atoms with Gasteiger partial charge in [-0.1, -0.05) is 30.3 Å². The molecule has 19 heavy (non-hydrogen) atoms. The Morgan fingerprint density at radius 1 is 1.26 bits per heavy atom. The van der Waals surface area contributed by atoms with Crippen molar-refractivity contribution < 1.29 is 9.53 Å². The van der Waals surface area contributed by atoms with E-state index >= 15 is 0 Å². The Balaban J connectivity index is 1.93. The second-order valence-corrected chi connectivity index (χ2v) is 3.70. The van der Waals surface area contributed by atoms with Crippen LogP contribution in [0.25, 0.3) is 0 Å². The number of hydrogen-bond donors (Lipinski definition) is 1. The van der Waals surface area contributed by atoms with Crippen molar-refractivity contribution in [2.24, 2.45) is 0 Å². The molecule has 1 aromatic heterocycles. The first-order chi connectivity index (χ1) is 9.29. The van der Waals surface area contributed by atoms with Crippen LogP contribution in [0.1, 0.15) is 11.3 Å². The van der Waals surface area contributed by atoms with Crippen LogP contribution in [0.4, 0.5) is 10.5 Å². The van der Waals surface area contributed by atoms with Crippen molar-refractivity contribution in [3.63, 3.8) is 0 Å². The van der Waals surface area contributed by atoms with Crippen molar-refractivity contribution in [2.75, 3.05) is 5.32 Å². The van der Waals surface area contributed by atoms with Gasteiger partial charge in [-0.15, -0.1) is 0 Å². The van der Waals surface area contributed by atoms with Crippen molar-refractivity contribution in [2.45, 2.75) is 6.61 Å². The number of ether oxygens (including phenoxy) is 1. The third kappa shape index (κ3) is 3.54. The smallest absolute Gasteiger partial charge is 0.412 e. The number of carbonyl (C=O) groups excluding carboxylic acids is 1. The maximum absolute atomic E-state index is 11.6. The lowest BCUT2D eigenvalue weighted by Crippen LogP contribution is -2.14. The Morgan fingerprint density at radius 2 is 2.05 bits per heavy atom. The number of benzene rings is 1. The predicted octanol–water partition coefficient (Wildman–Crippen LogP) is 2.70. The Bertz CT molecular complexity index is 606. The topological polar surface area (TPSA) is 75.0 Å². The van der Waals surface area contributed by atoms with Gasteiger partial charge in [0, 0.05) is 6.20 Å². The van der Waals surface area contributed by atoms with Gasteiger partial charge in [-0.25, -0.2) is 9.78 Å². The van der Waals surface area contributed by atoms with E-state index in [0.717, 1.165) is 5.56 Å². The SMILES string of the molecule is N#Cc1ncccc1NC(=O)OCc1ccccc1. The summed E-state index contributed by atoms with van der Waals surface area (Å²) in [5.74, 6) is 0. The molecular weight excluding hydrogens is 242 g/mol. The minimum absolute atomic E-state index is 0.152. The summed E-state index contributed by atoms with van der Waals surface area (Å²) in [5, 5.41) is 11.3. The van der Waals surface area contributed by atoms with Gasteiger partial charge in [0.2, 0.25) is 0 Å². The van der Waals surface area contributed by atoms with E-state index in [1.807, 2.05) is 36.4 Å². The average Bonchev–Trinajstić information content (AvgIpc) is 2.47. The van der Waals surface area contributed by atoms with Crippen LogP contribution in [0.15, 0.2) is 48.7 Å². The Morgan fingerprint density at radius 3 is 2.79 bits per heavy atom. The van der Waals surface area contributed by atoms with Crippen molar-refractivity contribution in [3.05, 3.63) is 59.9 Å². The third-order valence-electron chi connectivity index (χ3n) is 2.36. The van der Waals surface area contributed by atoms with Gasteiger partial charge in [0.15, 0.2) is 5.69 Å². The fourth-order valence-corrected chi connectivity index (χ4v) is 1.46. The molecule has 0 saturated heterocycles. The highest BCUT2D eigenvalue weighted by atomic mass is 16.5. The minimum atomic E-state index is -0.617. The Hall–Kier alpha value is -2.87. The van der Waals surface area contributed by atoms with E-state index in [4.69, 9.17) is 10.00 Å². The normalized spacial score (nSPS) is 9.42. The molecule has 0 fully saturated rings. The first-order valence-electron chi connectivity index (χ1n) is 5.62. The molecule has 0 aliphatic carbocycles. The van der Waals surface area contributed by atoms with Crippen molar-refractivity contribution >= 4 is 11.8 Å². The highest BCUT2D eigenvalue weighted by molar-refractivity contribution is 5.85. The molecule has 0 unspecified atom stereocenters. The van der Waals surface area contributed by atoms with Gasteiger partial charge in [-0.3, -0.25) is 5.32 Å². The van der Waals surface area contributed by atoms with E-state index in [2.05, 4.69) is 10.3 Å². The molecule has 5 nitrogen and oxygen atoms in total. The van der Waals surface area contributed by atoms with E-state index in [-0.39, 0.29) is 12.3 Å². The molecule has 0 aliphatic rings. The molecule has 2 aromatic rings. The molecule has 1 N–H and O–H groups in total. The van der Waals surface area contributed by atoms with Crippen LogP contribution in [0.5, 0.6) is 0 Å². The second kappa shape index (κ2) is 6.17. The second-order valence-electron chi connectivity index (χ2n) is 3.70. The highest BCUT2D eigenvalue weighted by Gasteiger charge is 2.07. The number of aromatic nitrogens is 1. The summed E-state index contributed by atoms with van der Waals surface area (Å²) < 4.78 is 5.04. The number of nitriles is 1. The van der Waals surface area contributed by atoms with Gasteiger partial charge in [0.1, 0.15) is 12.7 Å². The first kappa shape index (κ1) is 12.6. The van der Waals surface area contributed by atoms with Crippen LogP contribution in [-0.2, 0) is 11.3 Å². The van der Waals surface area contributed by atoms with Crippen molar-refractivity contribution in [3.8, 4) is 6.07 Å². The first-order valence-corrected chi connectivity index (χ1v) is 5.62. The zero-order valence-corrected chi connectivity index (χ0v) is 10.0. The summed E-state index contributed by atoms with van der Waals surface area (Å²) in [4.78, 5) is 15.4. The number of carbonyl (C=O) groups is 1. The molecule has 2 rings (SSSR count). The molecule has 0 aliphatic heterocycles. The molecule has 5 heteroatoms. The van der Waals surface area contributed by atoms with Crippen LogP contribution in [0, 0.1) is 11.3 Å². The molecule has 1 amide bonds. The van der Waals surface area contributed by atoms with Gasteiger partial charge >= 0.3 is 6.09 Å². The number of hydrogen-bond acceptors (Lipinski definition) is 4. The molecule has 0 bridgehead atoms. The number of anilines is 1.